The number of hydrogen-bond acceptors (Lipinski definition) is 5. The quantitative estimate of drug-likeness (QED) is 0.190. The van der Waals surface area contributed by atoms with Crippen LogP contribution in [-0.4, -0.2) is 29.2 Å². The molecular weight excluding hydrogens is 388 g/mol. The van der Waals surface area contributed by atoms with Gasteiger partial charge in [0.05, 0.1) is 12.4 Å². The number of nitrogens with zero attached hydrogens (tertiary/aromatic N) is 2. The van der Waals surface area contributed by atoms with Crippen molar-refractivity contribution in [3.8, 4) is 17.1 Å². The van der Waals surface area contributed by atoms with Crippen LogP contribution in [0.1, 0.15) is 70.8 Å². The second kappa shape index (κ2) is 15.3. The lowest BCUT2D eigenvalue weighted by molar-refractivity contribution is -0.134. The Kier molecular flexibility index (Phi) is 12.2. The number of allylic oxidation sites excluding steroid dienone is 2. The van der Waals surface area contributed by atoms with E-state index < -0.39 is 0 Å². The number of aryl methyl sites for hydroxylation is 1. The van der Waals surface area contributed by atoms with E-state index in [1.54, 1.807) is 12.4 Å². The number of aromatic nitrogens is 2. The molecule has 0 aliphatic heterocycles. The second-order valence-electron chi connectivity index (χ2n) is 7.65. The van der Waals surface area contributed by atoms with E-state index in [1.165, 1.54) is 18.4 Å². The second-order valence-corrected chi connectivity index (χ2v) is 7.65. The summed E-state index contributed by atoms with van der Waals surface area (Å²) in [6.07, 6.45) is 16.1. The number of ether oxygens (including phenoxy) is 2. The molecule has 168 valence electrons. The lowest BCUT2D eigenvalue weighted by atomic mass is 10.0. The summed E-state index contributed by atoms with van der Waals surface area (Å²) in [6.45, 7) is 5.86. The molecule has 0 saturated heterocycles. The van der Waals surface area contributed by atoms with Gasteiger partial charge in [0.15, 0.2) is 11.6 Å². The molecule has 1 aromatic carbocycles. The van der Waals surface area contributed by atoms with Crippen molar-refractivity contribution >= 4 is 5.97 Å². The zero-order chi connectivity index (χ0) is 22.2. The fraction of sp³-hybridized carbons (Fsp3) is 0.500. The van der Waals surface area contributed by atoms with E-state index in [2.05, 4.69) is 35.1 Å². The van der Waals surface area contributed by atoms with Gasteiger partial charge in [0.2, 0.25) is 0 Å². The van der Waals surface area contributed by atoms with Crippen LogP contribution in [0, 0.1) is 0 Å². The molecule has 0 fully saturated rings. The molecule has 0 atom stereocenters. The van der Waals surface area contributed by atoms with Crippen molar-refractivity contribution in [1.29, 1.82) is 0 Å². The van der Waals surface area contributed by atoms with Crippen LogP contribution in [0.25, 0.3) is 11.4 Å². The maximum atomic E-state index is 11.9. The number of rotatable bonds is 15. The van der Waals surface area contributed by atoms with E-state index in [9.17, 15) is 4.79 Å². The smallest absolute Gasteiger partial charge is 0.311 e. The van der Waals surface area contributed by atoms with Crippen molar-refractivity contribution in [3.05, 3.63) is 54.4 Å². The van der Waals surface area contributed by atoms with Crippen molar-refractivity contribution < 1.29 is 14.3 Å². The average molecular weight is 425 g/mol. The summed E-state index contributed by atoms with van der Waals surface area (Å²) in [5.41, 5.74) is 2.27. The van der Waals surface area contributed by atoms with E-state index in [1.807, 2.05) is 25.1 Å². The Morgan fingerprint density at radius 1 is 0.968 bits per heavy atom. The molecule has 5 heteroatoms. The molecule has 0 unspecified atom stereocenters. The SMILES string of the molecule is CC=CCCCCC(=O)Oc1cnc(-c2ccc(CCCCCOCCC)cc2)nc1. The Hall–Kier alpha value is -2.53. The third-order valence-electron chi connectivity index (χ3n) is 4.91. The first kappa shape index (κ1) is 24.7. The molecule has 1 aromatic heterocycles. The topological polar surface area (TPSA) is 61.3 Å². The van der Waals surface area contributed by atoms with Crippen LogP contribution in [-0.2, 0) is 16.0 Å². The molecule has 0 bridgehead atoms. The van der Waals surface area contributed by atoms with Gasteiger partial charge in [0, 0.05) is 25.2 Å². The first-order valence-corrected chi connectivity index (χ1v) is 11.5. The van der Waals surface area contributed by atoms with Gasteiger partial charge in [-0.2, -0.15) is 0 Å². The Balaban J connectivity index is 1.72. The molecule has 0 aliphatic carbocycles. The maximum Gasteiger partial charge on any atom is 0.311 e. The Bertz CT molecular complexity index is 770. The van der Waals surface area contributed by atoms with Crippen molar-refractivity contribution in [3.63, 3.8) is 0 Å². The first-order chi connectivity index (χ1) is 15.2. The van der Waals surface area contributed by atoms with Crippen molar-refractivity contribution in [2.24, 2.45) is 0 Å². The molecule has 5 nitrogen and oxygen atoms in total. The molecule has 0 aliphatic rings. The van der Waals surface area contributed by atoms with Crippen molar-refractivity contribution in [1.82, 2.24) is 9.97 Å². The van der Waals surface area contributed by atoms with Crippen LogP contribution in [0.15, 0.2) is 48.8 Å². The molecule has 31 heavy (non-hydrogen) atoms. The summed E-state index contributed by atoms with van der Waals surface area (Å²) < 4.78 is 10.8. The zero-order valence-electron chi connectivity index (χ0n) is 19.0. The summed E-state index contributed by atoms with van der Waals surface area (Å²) in [7, 11) is 0. The van der Waals surface area contributed by atoms with E-state index in [0.29, 0.717) is 18.0 Å². The fourth-order valence-electron chi connectivity index (χ4n) is 3.18. The number of esters is 1. The van der Waals surface area contributed by atoms with Gasteiger partial charge in [-0.15, -0.1) is 0 Å². The van der Waals surface area contributed by atoms with E-state index in [0.717, 1.165) is 57.3 Å². The van der Waals surface area contributed by atoms with Gasteiger partial charge < -0.3 is 9.47 Å². The number of carbonyl (C=O) groups excluding carboxylic acids is 1. The monoisotopic (exact) mass is 424 g/mol. The summed E-state index contributed by atoms with van der Waals surface area (Å²) in [5, 5.41) is 0. The molecule has 0 radical (unpaired) electrons. The normalized spacial score (nSPS) is 11.2. The van der Waals surface area contributed by atoms with Gasteiger partial charge in [-0.05, 0) is 57.4 Å². The van der Waals surface area contributed by atoms with Crippen LogP contribution in [0.4, 0.5) is 0 Å². The fourth-order valence-corrected chi connectivity index (χ4v) is 3.18. The molecule has 2 rings (SSSR count). The minimum Gasteiger partial charge on any atom is -0.423 e. The molecule has 2 aromatic rings. The largest absolute Gasteiger partial charge is 0.423 e. The minimum absolute atomic E-state index is 0.238. The molecular formula is C26H36N2O3. The zero-order valence-corrected chi connectivity index (χ0v) is 19.0. The summed E-state index contributed by atoms with van der Waals surface area (Å²) in [5.74, 6) is 0.783. The number of hydrogen-bond donors (Lipinski definition) is 0. The molecule has 0 saturated carbocycles. The van der Waals surface area contributed by atoms with Gasteiger partial charge >= 0.3 is 5.97 Å². The van der Waals surface area contributed by atoms with E-state index >= 15 is 0 Å². The van der Waals surface area contributed by atoms with Crippen LogP contribution >= 0.6 is 0 Å². The summed E-state index contributed by atoms with van der Waals surface area (Å²) >= 11 is 0. The number of unbranched alkanes of at least 4 members (excludes halogenated alkanes) is 4. The van der Waals surface area contributed by atoms with Crippen LogP contribution < -0.4 is 4.74 Å². The van der Waals surface area contributed by atoms with Crippen molar-refractivity contribution in [2.45, 2.75) is 71.6 Å². The lowest BCUT2D eigenvalue weighted by Crippen LogP contribution is -2.08. The van der Waals surface area contributed by atoms with Gasteiger partial charge in [-0.3, -0.25) is 4.79 Å². The lowest BCUT2D eigenvalue weighted by Gasteiger charge is -2.06. The third-order valence-corrected chi connectivity index (χ3v) is 4.91. The summed E-state index contributed by atoms with van der Waals surface area (Å²) in [4.78, 5) is 20.6. The van der Waals surface area contributed by atoms with E-state index in [-0.39, 0.29) is 5.97 Å². The highest BCUT2D eigenvalue weighted by molar-refractivity contribution is 5.72. The van der Waals surface area contributed by atoms with Gasteiger partial charge in [-0.1, -0.05) is 49.8 Å². The Morgan fingerprint density at radius 3 is 2.45 bits per heavy atom. The average Bonchev–Trinajstić information content (AvgIpc) is 2.79. The minimum atomic E-state index is -0.238. The predicted octanol–water partition coefficient (Wildman–Crippen LogP) is 6.32. The van der Waals surface area contributed by atoms with Gasteiger partial charge in [-0.25, -0.2) is 9.97 Å². The Morgan fingerprint density at radius 2 is 1.74 bits per heavy atom. The van der Waals surface area contributed by atoms with Crippen LogP contribution in [0.2, 0.25) is 0 Å². The predicted molar refractivity (Wildman–Crippen MR) is 125 cm³/mol. The molecule has 0 N–H and O–H groups in total. The van der Waals surface area contributed by atoms with Crippen LogP contribution in [0.5, 0.6) is 5.75 Å². The van der Waals surface area contributed by atoms with Crippen LogP contribution in [0.3, 0.4) is 0 Å². The first-order valence-electron chi connectivity index (χ1n) is 11.5. The van der Waals surface area contributed by atoms with E-state index in [4.69, 9.17) is 9.47 Å². The highest BCUT2D eigenvalue weighted by Crippen LogP contribution is 2.19. The number of carbonyl (C=O) groups is 1. The molecule has 0 spiro atoms. The highest BCUT2D eigenvalue weighted by Gasteiger charge is 2.07. The summed E-state index contributed by atoms with van der Waals surface area (Å²) in [6, 6.07) is 8.36. The highest BCUT2D eigenvalue weighted by atomic mass is 16.5. The number of benzene rings is 1. The molecule has 1 heterocycles. The molecule has 0 amide bonds. The standard InChI is InChI=1S/C26H36N2O3/c1-3-5-6-7-10-13-25(29)31-24-20-27-26(28-21-24)23-16-14-22(15-17-23)12-9-8-11-19-30-18-4-2/h3,5,14-17,20-21H,4,6-13,18-19H2,1-2H3. The van der Waals surface area contributed by atoms with Gasteiger partial charge in [0.1, 0.15) is 0 Å². The maximum absolute atomic E-state index is 11.9. The van der Waals surface area contributed by atoms with Gasteiger partial charge in [0.25, 0.3) is 0 Å². The third kappa shape index (κ3) is 10.4. The van der Waals surface area contributed by atoms with Crippen molar-refractivity contribution in [2.75, 3.05) is 13.2 Å². The Labute approximate surface area is 186 Å².